The van der Waals surface area contributed by atoms with Crippen molar-refractivity contribution >= 4 is 0 Å². The number of likely N-dealkylation sites (N-methyl/N-ethyl adjacent to an activating group) is 1. The smallest absolute Gasteiger partial charge is 0.122 e. The Balaban J connectivity index is 2.65. The molecule has 0 aromatic heterocycles. The molecule has 3 heteroatoms. The number of hydrogen-bond acceptors (Lipinski definition) is 3. The first-order valence-electron chi connectivity index (χ1n) is 6.42. The molecule has 0 bridgehead atoms. The zero-order chi connectivity index (χ0) is 12.2. The van der Waals surface area contributed by atoms with Gasteiger partial charge in [0.1, 0.15) is 5.54 Å². The highest BCUT2D eigenvalue weighted by Gasteiger charge is 2.46. The van der Waals surface area contributed by atoms with Gasteiger partial charge in [-0.1, -0.05) is 6.92 Å². The van der Waals surface area contributed by atoms with Gasteiger partial charge < -0.3 is 4.90 Å². The molecule has 16 heavy (non-hydrogen) atoms. The predicted molar refractivity (Wildman–Crippen MR) is 67.1 cm³/mol. The monoisotopic (exact) mass is 223 g/mol. The van der Waals surface area contributed by atoms with E-state index in [1.165, 1.54) is 12.8 Å². The van der Waals surface area contributed by atoms with E-state index in [-0.39, 0.29) is 5.54 Å². The first kappa shape index (κ1) is 13.5. The summed E-state index contributed by atoms with van der Waals surface area (Å²) in [6.45, 7) is 8.28. The van der Waals surface area contributed by atoms with Crippen LogP contribution in [0, 0.1) is 17.2 Å². The summed E-state index contributed by atoms with van der Waals surface area (Å²) >= 11 is 0. The molecule has 1 atom stereocenters. The second kappa shape index (κ2) is 5.65. The van der Waals surface area contributed by atoms with Crippen LogP contribution in [0.15, 0.2) is 0 Å². The molecule has 0 radical (unpaired) electrons. The molecule has 0 aromatic rings. The van der Waals surface area contributed by atoms with Gasteiger partial charge in [0.2, 0.25) is 0 Å². The first-order chi connectivity index (χ1) is 7.55. The summed E-state index contributed by atoms with van der Waals surface area (Å²) in [4.78, 5) is 2.27. The number of rotatable bonds is 7. The van der Waals surface area contributed by atoms with Gasteiger partial charge >= 0.3 is 0 Å². The lowest BCUT2D eigenvalue weighted by Crippen LogP contribution is -2.55. The van der Waals surface area contributed by atoms with E-state index in [0.29, 0.717) is 12.0 Å². The van der Waals surface area contributed by atoms with Crippen molar-refractivity contribution in [2.24, 2.45) is 5.92 Å². The molecule has 1 N–H and O–H groups in total. The second-order valence-corrected chi connectivity index (χ2v) is 5.29. The fourth-order valence-electron chi connectivity index (χ4n) is 2.00. The third-order valence-electron chi connectivity index (χ3n) is 3.54. The summed E-state index contributed by atoms with van der Waals surface area (Å²) in [7, 11) is 2.10. The Kier molecular flexibility index (Phi) is 4.76. The van der Waals surface area contributed by atoms with E-state index in [9.17, 15) is 5.26 Å². The third-order valence-corrected chi connectivity index (χ3v) is 3.54. The van der Waals surface area contributed by atoms with E-state index >= 15 is 0 Å². The average molecular weight is 223 g/mol. The fraction of sp³-hybridized carbons (Fsp3) is 0.923. The normalized spacial score (nSPS) is 19.8. The van der Waals surface area contributed by atoms with Crippen LogP contribution in [-0.4, -0.2) is 36.6 Å². The Hall–Kier alpha value is -0.590. The lowest BCUT2D eigenvalue weighted by molar-refractivity contribution is 0.195. The van der Waals surface area contributed by atoms with E-state index in [1.807, 2.05) is 0 Å². The highest BCUT2D eigenvalue weighted by Crippen LogP contribution is 2.40. The van der Waals surface area contributed by atoms with E-state index in [4.69, 9.17) is 0 Å². The largest absolute Gasteiger partial charge is 0.301 e. The molecule has 3 nitrogen and oxygen atoms in total. The summed E-state index contributed by atoms with van der Waals surface area (Å²) < 4.78 is 0. The van der Waals surface area contributed by atoms with Crippen molar-refractivity contribution in [1.29, 1.82) is 5.26 Å². The van der Waals surface area contributed by atoms with Crippen molar-refractivity contribution in [2.45, 2.75) is 51.6 Å². The van der Waals surface area contributed by atoms with E-state index in [0.717, 1.165) is 19.5 Å². The number of hydrogen-bond donors (Lipinski definition) is 1. The van der Waals surface area contributed by atoms with Crippen LogP contribution in [0.5, 0.6) is 0 Å². The average Bonchev–Trinajstić information content (AvgIpc) is 3.08. The highest BCUT2D eigenvalue weighted by molar-refractivity contribution is 5.16. The van der Waals surface area contributed by atoms with Crippen molar-refractivity contribution in [1.82, 2.24) is 10.2 Å². The molecule has 1 unspecified atom stereocenters. The molecular weight excluding hydrogens is 198 g/mol. The Morgan fingerprint density at radius 1 is 1.50 bits per heavy atom. The van der Waals surface area contributed by atoms with Crippen molar-refractivity contribution in [3.63, 3.8) is 0 Å². The molecule has 1 saturated carbocycles. The van der Waals surface area contributed by atoms with Crippen LogP contribution in [0.2, 0.25) is 0 Å². The second-order valence-electron chi connectivity index (χ2n) is 5.29. The van der Waals surface area contributed by atoms with Crippen molar-refractivity contribution in [3.8, 4) is 6.07 Å². The van der Waals surface area contributed by atoms with Gasteiger partial charge in [-0.25, -0.2) is 0 Å². The topological polar surface area (TPSA) is 39.1 Å². The Labute approximate surface area is 99.8 Å². The number of nitrogens with one attached hydrogen (secondary N) is 1. The lowest BCUT2D eigenvalue weighted by atomic mass is 9.93. The van der Waals surface area contributed by atoms with Crippen molar-refractivity contribution < 1.29 is 0 Å². The minimum absolute atomic E-state index is 0.310. The van der Waals surface area contributed by atoms with E-state index < -0.39 is 0 Å². The SMILES string of the molecule is CCCNC(C#N)(CN(C)C(C)C)C1CC1. The summed E-state index contributed by atoms with van der Waals surface area (Å²) in [5.74, 6) is 0.560. The van der Waals surface area contributed by atoms with Crippen molar-refractivity contribution in [3.05, 3.63) is 0 Å². The summed E-state index contributed by atoms with van der Waals surface area (Å²) in [6, 6.07) is 3.04. The van der Waals surface area contributed by atoms with Crippen LogP contribution in [0.1, 0.15) is 40.0 Å². The quantitative estimate of drug-likeness (QED) is 0.717. The van der Waals surface area contributed by atoms with Crippen LogP contribution in [0.25, 0.3) is 0 Å². The maximum Gasteiger partial charge on any atom is 0.122 e. The summed E-state index contributed by atoms with van der Waals surface area (Å²) in [5, 5.41) is 13.0. The van der Waals surface area contributed by atoms with Crippen LogP contribution in [-0.2, 0) is 0 Å². The van der Waals surface area contributed by atoms with Crippen LogP contribution >= 0.6 is 0 Å². The first-order valence-corrected chi connectivity index (χ1v) is 6.42. The minimum Gasteiger partial charge on any atom is -0.301 e. The Morgan fingerprint density at radius 3 is 2.50 bits per heavy atom. The Bertz CT molecular complexity index is 252. The molecule has 0 aliphatic heterocycles. The van der Waals surface area contributed by atoms with Crippen LogP contribution in [0.3, 0.4) is 0 Å². The molecule has 1 aliphatic carbocycles. The predicted octanol–water partition coefficient (Wildman–Crippen LogP) is 2.00. The summed E-state index contributed by atoms with van der Waals surface area (Å²) in [6.07, 6.45) is 3.49. The van der Waals surface area contributed by atoms with Gasteiger partial charge in [-0.05, 0) is 52.6 Å². The molecule has 1 aliphatic rings. The highest BCUT2D eigenvalue weighted by atomic mass is 15.2. The third kappa shape index (κ3) is 3.20. The Morgan fingerprint density at radius 2 is 2.12 bits per heavy atom. The van der Waals surface area contributed by atoms with Gasteiger partial charge in [-0.2, -0.15) is 5.26 Å². The van der Waals surface area contributed by atoms with Crippen molar-refractivity contribution in [2.75, 3.05) is 20.1 Å². The minimum atomic E-state index is -0.310. The number of nitriles is 1. The van der Waals surface area contributed by atoms with Gasteiger partial charge in [0, 0.05) is 12.6 Å². The molecule has 0 heterocycles. The molecule has 0 spiro atoms. The lowest BCUT2D eigenvalue weighted by Gasteiger charge is -2.34. The van der Waals surface area contributed by atoms with E-state index in [2.05, 4.69) is 44.1 Å². The van der Waals surface area contributed by atoms with Gasteiger partial charge in [0.25, 0.3) is 0 Å². The van der Waals surface area contributed by atoms with Gasteiger partial charge in [-0.3, -0.25) is 5.32 Å². The maximum atomic E-state index is 9.51. The zero-order valence-corrected chi connectivity index (χ0v) is 11.1. The molecule has 0 amide bonds. The van der Waals surface area contributed by atoms with Crippen LogP contribution in [0.4, 0.5) is 0 Å². The molecule has 1 rings (SSSR count). The zero-order valence-electron chi connectivity index (χ0n) is 11.1. The maximum absolute atomic E-state index is 9.51. The van der Waals surface area contributed by atoms with Gasteiger partial charge in [0.05, 0.1) is 6.07 Å². The van der Waals surface area contributed by atoms with E-state index in [1.54, 1.807) is 0 Å². The fourth-order valence-corrected chi connectivity index (χ4v) is 2.00. The molecule has 0 aromatic carbocycles. The molecular formula is C13H25N3. The van der Waals surface area contributed by atoms with Gasteiger partial charge in [-0.15, -0.1) is 0 Å². The summed E-state index contributed by atoms with van der Waals surface area (Å²) in [5.41, 5.74) is -0.310. The van der Waals surface area contributed by atoms with Crippen LogP contribution < -0.4 is 5.32 Å². The standard InChI is InChI=1S/C13H25N3/c1-5-8-15-13(9-14,12-6-7-12)10-16(4)11(2)3/h11-12,15H,5-8,10H2,1-4H3. The number of nitrogens with zero attached hydrogens (tertiary/aromatic N) is 2. The van der Waals surface area contributed by atoms with Gasteiger partial charge in [0.15, 0.2) is 0 Å². The molecule has 0 saturated heterocycles. The molecule has 1 fully saturated rings. The molecule has 92 valence electrons.